The van der Waals surface area contributed by atoms with Crippen molar-refractivity contribution in [1.29, 1.82) is 0 Å². The van der Waals surface area contributed by atoms with Gasteiger partial charge in [-0.15, -0.1) is 0 Å². The molecular weight excluding hydrogens is 286 g/mol. The number of hydrogen-bond donors (Lipinski definition) is 0. The van der Waals surface area contributed by atoms with Crippen LogP contribution in [0.3, 0.4) is 0 Å². The van der Waals surface area contributed by atoms with E-state index in [9.17, 15) is 4.79 Å². The smallest absolute Gasteiger partial charge is 0.265 e. The molecule has 0 bridgehead atoms. The molecule has 2 heterocycles. The minimum absolute atomic E-state index is 0.114. The second kappa shape index (κ2) is 4.83. The van der Waals surface area contributed by atoms with Gasteiger partial charge in [-0.25, -0.2) is 0 Å². The molecule has 0 aliphatic carbocycles. The van der Waals surface area contributed by atoms with Crippen molar-refractivity contribution in [3.05, 3.63) is 44.9 Å². The number of aromatic nitrogens is 3. The van der Waals surface area contributed by atoms with Crippen LogP contribution in [0.4, 0.5) is 0 Å². The van der Waals surface area contributed by atoms with Crippen molar-refractivity contribution in [3.63, 3.8) is 0 Å². The summed E-state index contributed by atoms with van der Waals surface area (Å²) in [6.07, 6.45) is 1.69. The number of hydrogen-bond acceptors (Lipinski definition) is 4. The van der Waals surface area contributed by atoms with Gasteiger partial charge in [0.05, 0.1) is 4.47 Å². The van der Waals surface area contributed by atoms with E-state index in [-0.39, 0.29) is 18.0 Å². The fourth-order valence-electron chi connectivity index (χ4n) is 1.34. The van der Waals surface area contributed by atoms with Crippen molar-refractivity contribution in [2.75, 3.05) is 0 Å². The molecule has 6 heteroatoms. The van der Waals surface area contributed by atoms with Crippen LogP contribution in [0.1, 0.15) is 31.5 Å². The normalized spacial score (nSPS) is 11.1. The van der Waals surface area contributed by atoms with Crippen LogP contribution in [0.25, 0.3) is 0 Å². The van der Waals surface area contributed by atoms with Gasteiger partial charge in [-0.05, 0) is 28.1 Å². The van der Waals surface area contributed by atoms with E-state index in [1.807, 2.05) is 13.8 Å². The summed E-state index contributed by atoms with van der Waals surface area (Å²) in [5.74, 6) is 1.31. The molecule has 0 fully saturated rings. The van der Waals surface area contributed by atoms with Gasteiger partial charge in [0.15, 0.2) is 5.82 Å². The van der Waals surface area contributed by atoms with Gasteiger partial charge in [0.1, 0.15) is 6.54 Å². The molecule has 0 atom stereocenters. The van der Waals surface area contributed by atoms with Gasteiger partial charge in [0.2, 0.25) is 5.89 Å². The molecule has 0 aromatic carbocycles. The highest BCUT2D eigenvalue weighted by Gasteiger charge is 2.10. The third-order valence-corrected chi connectivity index (χ3v) is 2.88. The van der Waals surface area contributed by atoms with E-state index in [0.29, 0.717) is 16.2 Å². The standard InChI is InChI=1S/C11H12BrN3O2/c1-7(2)10-13-9(17-14-10)6-15-5-3-4-8(12)11(15)16/h3-5,7H,6H2,1-2H3. The predicted molar refractivity (Wildman–Crippen MR) is 65.9 cm³/mol. The Kier molecular flexibility index (Phi) is 3.42. The first-order valence-electron chi connectivity index (χ1n) is 5.25. The van der Waals surface area contributed by atoms with Crippen LogP contribution < -0.4 is 5.56 Å². The lowest BCUT2D eigenvalue weighted by atomic mass is 10.2. The SMILES string of the molecule is CC(C)c1noc(Cn2cccc(Br)c2=O)n1. The van der Waals surface area contributed by atoms with Crippen molar-refractivity contribution >= 4 is 15.9 Å². The second-order valence-corrected chi connectivity index (χ2v) is 4.84. The minimum Gasteiger partial charge on any atom is -0.337 e. The third-order valence-electron chi connectivity index (χ3n) is 2.28. The van der Waals surface area contributed by atoms with E-state index in [1.165, 1.54) is 4.57 Å². The summed E-state index contributed by atoms with van der Waals surface area (Å²) in [7, 11) is 0. The summed E-state index contributed by atoms with van der Waals surface area (Å²) < 4.78 is 7.12. The van der Waals surface area contributed by atoms with E-state index >= 15 is 0 Å². The molecule has 0 aliphatic rings. The highest BCUT2D eigenvalue weighted by Crippen LogP contribution is 2.10. The van der Waals surface area contributed by atoms with Crippen LogP contribution in [0.2, 0.25) is 0 Å². The fourth-order valence-corrected chi connectivity index (χ4v) is 1.72. The Morgan fingerprint density at radius 2 is 2.29 bits per heavy atom. The molecule has 0 amide bonds. The van der Waals surface area contributed by atoms with Gasteiger partial charge in [-0.3, -0.25) is 4.79 Å². The number of rotatable bonds is 3. The first-order chi connectivity index (χ1) is 8.08. The maximum atomic E-state index is 11.7. The molecule has 5 nitrogen and oxygen atoms in total. The zero-order valence-corrected chi connectivity index (χ0v) is 11.1. The fraction of sp³-hybridized carbons (Fsp3) is 0.364. The summed E-state index contributed by atoms with van der Waals surface area (Å²) in [4.78, 5) is 16.0. The minimum atomic E-state index is -0.114. The zero-order chi connectivity index (χ0) is 12.4. The van der Waals surface area contributed by atoms with E-state index < -0.39 is 0 Å². The third kappa shape index (κ3) is 2.63. The van der Waals surface area contributed by atoms with Gasteiger partial charge in [0, 0.05) is 12.1 Å². The highest BCUT2D eigenvalue weighted by molar-refractivity contribution is 9.10. The van der Waals surface area contributed by atoms with Crippen molar-refractivity contribution < 1.29 is 4.52 Å². The molecule has 0 aliphatic heterocycles. The Bertz CT molecular complexity index is 574. The Labute approximate surface area is 107 Å². The average Bonchev–Trinajstić information content (AvgIpc) is 2.73. The molecule has 0 spiro atoms. The van der Waals surface area contributed by atoms with Crippen molar-refractivity contribution in [3.8, 4) is 0 Å². The van der Waals surface area contributed by atoms with Crippen LogP contribution in [0.5, 0.6) is 0 Å². The Morgan fingerprint density at radius 1 is 1.53 bits per heavy atom. The molecule has 0 N–H and O–H groups in total. The molecule has 0 radical (unpaired) electrons. The van der Waals surface area contributed by atoms with Crippen molar-refractivity contribution in [2.24, 2.45) is 0 Å². The maximum Gasteiger partial charge on any atom is 0.265 e. The molecule has 0 saturated heterocycles. The Balaban J connectivity index is 2.26. The van der Waals surface area contributed by atoms with Gasteiger partial charge >= 0.3 is 0 Å². The highest BCUT2D eigenvalue weighted by atomic mass is 79.9. The summed E-state index contributed by atoms with van der Waals surface area (Å²) in [5, 5.41) is 3.85. The summed E-state index contributed by atoms with van der Waals surface area (Å²) in [6.45, 7) is 4.26. The van der Waals surface area contributed by atoms with Gasteiger partial charge in [-0.2, -0.15) is 4.98 Å². The molecule has 90 valence electrons. The molecule has 17 heavy (non-hydrogen) atoms. The van der Waals surface area contributed by atoms with Crippen LogP contribution in [-0.2, 0) is 6.54 Å². The first-order valence-corrected chi connectivity index (χ1v) is 6.04. The quantitative estimate of drug-likeness (QED) is 0.871. The van der Waals surface area contributed by atoms with Crippen LogP contribution in [0.15, 0.2) is 32.1 Å². The van der Waals surface area contributed by atoms with Crippen molar-refractivity contribution in [2.45, 2.75) is 26.3 Å². The molecule has 2 aromatic rings. The van der Waals surface area contributed by atoms with Gasteiger partial charge < -0.3 is 9.09 Å². The van der Waals surface area contributed by atoms with E-state index in [1.54, 1.807) is 18.3 Å². The summed E-state index contributed by atoms with van der Waals surface area (Å²) in [5.41, 5.74) is -0.114. The lowest BCUT2D eigenvalue weighted by molar-refractivity contribution is 0.363. The molecule has 0 unspecified atom stereocenters. The molecule has 0 saturated carbocycles. The second-order valence-electron chi connectivity index (χ2n) is 3.99. The van der Waals surface area contributed by atoms with Crippen LogP contribution in [-0.4, -0.2) is 14.7 Å². The van der Waals surface area contributed by atoms with Crippen LogP contribution in [0, 0.1) is 0 Å². The van der Waals surface area contributed by atoms with E-state index in [4.69, 9.17) is 4.52 Å². The lowest BCUT2D eigenvalue weighted by Crippen LogP contribution is -2.20. The Hall–Kier alpha value is -1.43. The number of halogens is 1. The maximum absolute atomic E-state index is 11.7. The largest absolute Gasteiger partial charge is 0.337 e. The molecular formula is C11H12BrN3O2. The average molecular weight is 298 g/mol. The Morgan fingerprint density at radius 3 is 2.94 bits per heavy atom. The zero-order valence-electron chi connectivity index (χ0n) is 9.55. The van der Waals surface area contributed by atoms with Gasteiger partial charge in [-0.1, -0.05) is 19.0 Å². The van der Waals surface area contributed by atoms with Crippen LogP contribution >= 0.6 is 15.9 Å². The van der Waals surface area contributed by atoms with E-state index in [0.717, 1.165) is 0 Å². The lowest BCUT2D eigenvalue weighted by Gasteiger charge is -2.01. The van der Waals surface area contributed by atoms with Crippen molar-refractivity contribution in [1.82, 2.24) is 14.7 Å². The topological polar surface area (TPSA) is 60.9 Å². The number of nitrogens with zero attached hydrogens (tertiary/aromatic N) is 3. The monoisotopic (exact) mass is 297 g/mol. The number of pyridine rings is 1. The van der Waals surface area contributed by atoms with E-state index in [2.05, 4.69) is 26.1 Å². The first kappa shape index (κ1) is 12.0. The molecule has 2 aromatic heterocycles. The summed E-state index contributed by atoms with van der Waals surface area (Å²) >= 11 is 3.19. The summed E-state index contributed by atoms with van der Waals surface area (Å²) in [6, 6.07) is 3.48. The molecule has 2 rings (SSSR count). The predicted octanol–water partition coefficient (Wildman–Crippen LogP) is 2.17. The van der Waals surface area contributed by atoms with Gasteiger partial charge in [0.25, 0.3) is 5.56 Å².